The van der Waals surface area contributed by atoms with E-state index < -0.39 is 29.2 Å². The molecule has 2 aromatic heterocycles. The average Bonchev–Trinajstić information content (AvgIpc) is 3.10. The first-order chi connectivity index (χ1) is 18.8. The Morgan fingerprint density at radius 1 is 0.975 bits per heavy atom. The van der Waals surface area contributed by atoms with Crippen LogP contribution in [0, 0.1) is 0 Å². The molecule has 4 N–H and O–H groups in total. The lowest BCUT2D eigenvalue weighted by Crippen LogP contribution is -2.57. The third-order valence-corrected chi connectivity index (χ3v) is 6.95. The summed E-state index contributed by atoms with van der Waals surface area (Å²) in [7, 11) is 0. The molecule has 5 rings (SSSR count). The Morgan fingerprint density at radius 2 is 1.70 bits per heavy atom. The summed E-state index contributed by atoms with van der Waals surface area (Å²) >= 11 is 0. The maximum Gasteiger partial charge on any atom is 0.419 e. The van der Waals surface area contributed by atoms with Crippen molar-refractivity contribution in [2.75, 3.05) is 54.5 Å². The number of anilines is 3. The van der Waals surface area contributed by atoms with Crippen molar-refractivity contribution in [1.82, 2.24) is 20.3 Å². The lowest BCUT2D eigenvalue weighted by atomic mass is 9.98. The van der Waals surface area contributed by atoms with E-state index in [1.807, 2.05) is 4.90 Å². The Bertz CT molecular complexity index is 1320. The lowest BCUT2D eigenvalue weighted by Gasteiger charge is -2.35. The van der Waals surface area contributed by atoms with Gasteiger partial charge in [0.2, 0.25) is 5.95 Å². The summed E-state index contributed by atoms with van der Waals surface area (Å²) in [5, 5.41) is 5.75. The average molecular weight is 571 g/mol. The highest BCUT2D eigenvalue weighted by Crippen LogP contribution is 2.37. The molecule has 0 spiro atoms. The van der Waals surface area contributed by atoms with Crippen LogP contribution in [0.25, 0.3) is 0 Å². The lowest BCUT2D eigenvalue weighted by molar-refractivity contribution is -0.137. The summed E-state index contributed by atoms with van der Waals surface area (Å²) in [4.78, 5) is 16.9. The summed E-state index contributed by atoms with van der Waals surface area (Å²) in [5.41, 5.74) is 3.56. The number of pyridine rings is 1. The zero-order chi connectivity index (χ0) is 28.7. The van der Waals surface area contributed by atoms with Crippen LogP contribution in [-0.4, -0.2) is 66.2 Å². The van der Waals surface area contributed by atoms with Crippen molar-refractivity contribution in [3.05, 3.63) is 58.7 Å². The van der Waals surface area contributed by atoms with Crippen molar-refractivity contribution >= 4 is 17.6 Å². The number of hydrogen-bond acceptors (Lipinski definition) is 9. The van der Waals surface area contributed by atoms with Crippen LogP contribution in [-0.2, 0) is 23.8 Å². The van der Waals surface area contributed by atoms with Gasteiger partial charge in [-0.2, -0.15) is 31.3 Å². The van der Waals surface area contributed by atoms with Gasteiger partial charge in [-0.3, -0.25) is 0 Å². The minimum atomic E-state index is -4.63. The summed E-state index contributed by atoms with van der Waals surface area (Å²) in [5.74, 6) is 0.755. The fourth-order valence-electron chi connectivity index (χ4n) is 4.99. The maximum absolute atomic E-state index is 13.7. The van der Waals surface area contributed by atoms with Gasteiger partial charge in [-0.1, -0.05) is 0 Å². The first-order valence-electron chi connectivity index (χ1n) is 12.7. The Balaban J connectivity index is 1.49. The third-order valence-electron chi connectivity index (χ3n) is 6.95. The predicted octanol–water partition coefficient (Wildman–Crippen LogP) is 3.35. The molecule has 216 valence electrons. The van der Waals surface area contributed by atoms with Crippen molar-refractivity contribution in [2.45, 2.75) is 37.8 Å². The molecule has 1 saturated heterocycles. The molecule has 0 aliphatic carbocycles. The highest BCUT2D eigenvalue weighted by atomic mass is 19.4. The smallest absolute Gasteiger partial charge is 0.378 e. The van der Waals surface area contributed by atoms with Crippen molar-refractivity contribution in [2.24, 2.45) is 5.73 Å². The van der Waals surface area contributed by atoms with Crippen molar-refractivity contribution in [3.8, 4) is 0 Å². The number of nitrogens with one attached hydrogen (secondary N) is 2. The van der Waals surface area contributed by atoms with Crippen LogP contribution in [0.1, 0.15) is 23.7 Å². The Morgan fingerprint density at radius 3 is 2.38 bits per heavy atom. The van der Waals surface area contributed by atoms with Crippen LogP contribution in [0.2, 0.25) is 0 Å². The molecule has 0 aromatic carbocycles. The molecule has 9 nitrogen and oxygen atoms in total. The van der Waals surface area contributed by atoms with E-state index in [9.17, 15) is 26.3 Å². The zero-order valence-electron chi connectivity index (χ0n) is 21.5. The highest BCUT2D eigenvalue weighted by molar-refractivity contribution is 5.58. The number of rotatable bonds is 4. The number of ether oxygens (including phenoxy) is 1. The standard InChI is InChI=1S/C25H28F6N8O/c1-23(32)18(25(29,30)31)4-5-19(37-23)35-20-15-6-9-38(21-16(24(26,27)28)3-2-8-33-21)10-7-17(15)34-22(36-20)39-11-13-40-14-12-39/h2-5,8,37H,6-7,9-14,32H2,1H3,(H,34,35,36). The van der Waals surface area contributed by atoms with Crippen LogP contribution >= 0.6 is 0 Å². The van der Waals surface area contributed by atoms with Gasteiger partial charge in [-0.25, -0.2) is 9.97 Å². The van der Waals surface area contributed by atoms with Crippen molar-refractivity contribution in [1.29, 1.82) is 0 Å². The molecule has 0 bridgehead atoms. The SMILES string of the molecule is CC1(N)NC(Nc2nc(N3CCOCC3)nc3c2CCN(c2ncccc2C(F)(F)F)CC3)=CC=C1C(F)(F)F. The molecule has 3 aliphatic rings. The van der Waals surface area contributed by atoms with Gasteiger partial charge in [0.1, 0.15) is 23.1 Å². The van der Waals surface area contributed by atoms with E-state index in [2.05, 4.69) is 20.6 Å². The van der Waals surface area contributed by atoms with E-state index in [0.29, 0.717) is 55.7 Å². The van der Waals surface area contributed by atoms with Gasteiger partial charge in [0.05, 0.1) is 30.0 Å². The number of nitrogens with zero attached hydrogens (tertiary/aromatic N) is 5. The summed E-state index contributed by atoms with van der Waals surface area (Å²) in [6, 6.07) is 2.24. The normalized spacial score (nSPS) is 22.1. The Labute approximate surface area is 226 Å². The molecule has 15 heteroatoms. The molecule has 0 saturated carbocycles. The number of aromatic nitrogens is 3. The van der Waals surface area contributed by atoms with E-state index in [0.717, 1.165) is 12.1 Å². The van der Waals surface area contributed by atoms with Crippen molar-refractivity contribution in [3.63, 3.8) is 0 Å². The number of morpholine rings is 1. The van der Waals surface area contributed by atoms with Gasteiger partial charge in [0, 0.05) is 44.4 Å². The first kappa shape index (κ1) is 28.0. The number of alkyl halides is 6. The molecule has 40 heavy (non-hydrogen) atoms. The number of fused-ring (bicyclic) bond motifs is 1. The number of allylic oxidation sites excluding steroid dienone is 2. The molecule has 1 unspecified atom stereocenters. The number of dihydropyridines is 1. The van der Waals surface area contributed by atoms with E-state index in [4.69, 9.17) is 15.5 Å². The third kappa shape index (κ3) is 5.80. The number of nitrogens with two attached hydrogens (primary N) is 1. The van der Waals surface area contributed by atoms with Crippen molar-refractivity contribution < 1.29 is 31.1 Å². The monoisotopic (exact) mass is 570 g/mol. The first-order valence-corrected chi connectivity index (χ1v) is 12.7. The Hall–Kier alpha value is -3.59. The number of halogens is 6. The van der Waals surface area contributed by atoms with Gasteiger partial charge in [0.15, 0.2) is 0 Å². The molecule has 2 aromatic rings. The topological polar surface area (TPSA) is 104 Å². The van der Waals surface area contributed by atoms with Gasteiger partial charge >= 0.3 is 12.4 Å². The Kier molecular flexibility index (Phi) is 7.29. The maximum atomic E-state index is 13.7. The minimum Gasteiger partial charge on any atom is -0.378 e. The summed E-state index contributed by atoms with van der Waals surface area (Å²) in [6.07, 6.45) is -5.17. The fraction of sp³-hybridized carbons (Fsp3) is 0.480. The second-order valence-corrected chi connectivity index (χ2v) is 9.87. The van der Waals surface area contributed by atoms with E-state index in [1.165, 1.54) is 25.3 Å². The highest BCUT2D eigenvalue weighted by Gasteiger charge is 2.45. The number of hydrogen-bond donors (Lipinski definition) is 3. The molecular formula is C25H28F6N8O. The second-order valence-electron chi connectivity index (χ2n) is 9.87. The quantitative estimate of drug-likeness (QED) is 0.478. The fourth-order valence-corrected chi connectivity index (χ4v) is 4.99. The van der Waals surface area contributed by atoms with Crippen LogP contribution in [0.15, 0.2) is 41.9 Å². The van der Waals surface area contributed by atoms with E-state index in [-0.39, 0.29) is 31.1 Å². The van der Waals surface area contributed by atoms with Crippen LogP contribution < -0.4 is 26.2 Å². The molecule has 0 radical (unpaired) electrons. The molecule has 1 fully saturated rings. The van der Waals surface area contributed by atoms with Crippen LogP contribution in [0.3, 0.4) is 0 Å². The molecule has 1 atom stereocenters. The molecule has 3 aliphatic heterocycles. The van der Waals surface area contributed by atoms with Gasteiger partial charge in [0.25, 0.3) is 0 Å². The second kappa shape index (κ2) is 10.4. The van der Waals surface area contributed by atoms with Crippen LogP contribution in [0.4, 0.5) is 43.9 Å². The van der Waals surface area contributed by atoms with E-state index in [1.54, 1.807) is 4.90 Å². The molecular weight excluding hydrogens is 542 g/mol. The van der Waals surface area contributed by atoms with Gasteiger partial charge < -0.3 is 30.9 Å². The summed E-state index contributed by atoms with van der Waals surface area (Å²) < 4.78 is 86.9. The predicted molar refractivity (Wildman–Crippen MR) is 135 cm³/mol. The zero-order valence-corrected chi connectivity index (χ0v) is 21.5. The van der Waals surface area contributed by atoms with Crippen LogP contribution in [0.5, 0.6) is 0 Å². The van der Waals surface area contributed by atoms with Gasteiger partial charge in [-0.15, -0.1) is 0 Å². The molecule has 5 heterocycles. The largest absolute Gasteiger partial charge is 0.419 e. The molecule has 0 amide bonds. The summed E-state index contributed by atoms with van der Waals surface area (Å²) in [6.45, 7) is 3.65. The minimum absolute atomic E-state index is 0.168. The van der Waals surface area contributed by atoms with Gasteiger partial charge in [-0.05, 0) is 37.6 Å². The van der Waals surface area contributed by atoms with E-state index >= 15 is 0 Å².